The molecule has 1 aromatic rings. The Balaban J connectivity index is 1.90. The Bertz CT molecular complexity index is 658. The fourth-order valence-corrected chi connectivity index (χ4v) is 3.13. The molecule has 7 nitrogen and oxygen atoms in total. The van der Waals surface area contributed by atoms with Crippen molar-refractivity contribution in [2.24, 2.45) is 11.8 Å². The third-order valence-corrected chi connectivity index (χ3v) is 4.58. The van der Waals surface area contributed by atoms with Crippen LogP contribution in [0.1, 0.15) is 38.7 Å². The summed E-state index contributed by atoms with van der Waals surface area (Å²) in [7, 11) is 1.34. The summed E-state index contributed by atoms with van der Waals surface area (Å²) in [6, 6.07) is 5.03. The van der Waals surface area contributed by atoms with Gasteiger partial charge in [0.25, 0.3) is 0 Å². The summed E-state index contributed by atoms with van der Waals surface area (Å²) < 4.78 is 4.80. The van der Waals surface area contributed by atoms with Gasteiger partial charge in [-0.15, -0.1) is 0 Å². The van der Waals surface area contributed by atoms with Crippen LogP contribution in [0.2, 0.25) is 0 Å². The highest BCUT2D eigenvalue weighted by Crippen LogP contribution is 2.22. The number of nitrogens with one attached hydrogen (secondary N) is 1. The Labute approximate surface area is 154 Å². The first-order valence-corrected chi connectivity index (χ1v) is 8.94. The van der Waals surface area contributed by atoms with Gasteiger partial charge in [0.1, 0.15) is 17.9 Å². The van der Waals surface area contributed by atoms with Crippen molar-refractivity contribution >= 4 is 17.7 Å². The highest BCUT2D eigenvalue weighted by Gasteiger charge is 2.29. The lowest BCUT2D eigenvalue weighted by Crippen LogP contribution is -2.47. The third-order valence-electron chi connectivity index (χ3n) is 4.58. The first-order chi connectivity index (χ1) is 12.4. The molecule has 2 heterocycles. The number of carbonyl (C=O) groups excluding carboxylic acids is 2. The minimum Gasteiger partial charge on any atom is -0.467 e. The van der Waals surface area contributed by atoms with Gasteiger partial charge in [-0.3, -0.25) is 4.79 Å². The Morgan fingerprint density at radius 1 is 1.38 bits per heavy atom. The maximum absolute atomic E-state index is 12.5. The number of ether oxygens (including phenoxy) is 1. The van der Waals surface area contributed by atoms with Crippen LogP contribution >= 0.6 is 0 Å². The lowest BCUT2D eigenvalue weighted by atomic mass is 9.94. The van der Waals surface area contributed by atoms with Crippen molar-refractivity contribution in [1.29, 1.82) is 5.26 Å². The average Bonchev–Trinajstić information content (AvgIpc) is 2.66. The maximum Gasteiger partial charge on any atom is 0.328 e. The number of hydrogen-bond acceptors (Lipinski definition) is 6. The second-order valence-corrected chi connectivity index (χ2v) is 6.99. The number of pyridine rings is 1. The molecule has 1 saturated heterocycles. The standard InChI is InChI=1S/C19H26N4O3/c1-13(2)10-16(19(25)26-3)22-18(24)15-6-8-23(9-7-15)17-5-4-14(11-20)12-21-17/h4-5,12-13,15-16H,6-10H2,1-3H3,(H,22,24)/t16-/m1/s1. The summed E-state index contributed by atoms with van der Waals surface area (Å²) in [4.78, 5) is 30.8. The summed E-state index contributed by atoms with van der Waals surface area (Å²) in [6.07, 6.45) is 3.51. The van der Waals surface area contributed by atoms with E-state index in [4.69, 9.17) is 10.00 Å². The molecule has 0 bridgehead atoms. The minimum absolute atomic E-state index is 0.0894. The molecule has 1 amide bonds. The van der Waals surface area contributed by atoms with E-state index in [2.05, 4.69) is 21.3 Å². The van der Waals surface area contributed by atoms with Crippen LogP contribution in [0, 0.1) is 23.2 Å². The molecule has 7 heteroatoms. The number of anilines is 1. The molecule has 0 unspecified atom stereocenters. The highest BCUT2D eigenvalue weighted by molar-refractivity contribution is 5.85. The van der Waals surface area contributed by atoms with Gasteiger partial charge in [0.05, 0.1) is 12.7 Å². The van der Waals surface area contributed by atoms with E-state index in [1.165, 1.54) is 7.11 Å². The molecular formula is C19H26N4O3. The quantitative estimate of drug-likeness (QED) is 0.780. The zero-order valence-electron chi connectivity index (χ0n) is 15.6. The van der Waals surface area contributed by atoms with Gasteiger partial charge in [-0.2, -0.15) is 5.26 Å². The first kappa shape index (κ1) is 19.7. The van der Waals surface area contributed by atoms with Crippen molar-refractivity contribution in [2.75, 3.05) is 25.1 Å². The largest absolute Gasteiger partial charge is 0.467 e. The van der Waals surface area contributed by atoms with E-state index in [9.17, 15) is 9.59 Å². The van der Waals surface area contributed by atoms with Crippen molar-refractivity contribution in [3.8, 4) is 6.07 Å². The number of nitriles is 1. The van der Waals surface area contributed by atoms with Crippen LogP contribution in [0.4, 0.5) is 5.82 Å². The topological polar surface area (TPSA) is 95.3 Å². The Hall–Kier alpha value is -2.62. The van der Waals surface area contributed by atoms with Crippen LogP contribution in [0.15, 0.2) is 18.3 Å². The highest BCUT2D eigenvalue weighted by atomic mass is 16.5. The van der Waals surface area contributed by atoms with Gasteiger partial charge in [-0.1, -0.05) is 13.8 Å². The van der Waals surface area contributed by atoms with Crippen molar-refractivity contribution in [1.82, 2.24) is 10.3 Å². The van der Waals surface area contributed by atoms with Crippen LogP contribution in [-0.2, 0) is 14.3 Å². The molecular weight excluding hydrogens is 332 g/mol. The van der Waals surface area contributed by atoms with Gasteiger partial charge in [-0.05, 0) is 37.3 Å². The van der Waals surface area contributed by atoms with Crippen molar-refractivity contribution in [2.45, 2.75) is 39.2 Å². The van der Waals surface area contributed by atoms with E-state index in [0.717, 1.165) is 5.82 Å². The number of methoxy groups -OCH3 is 1. The number of amides is 1. The van der Waals surface area contributed by atoms with Crippen molar-refractivity contribution < 1.29 is 14.3 Å². The lowest BCUT2D eigenvalue weighted by Gasteiger charge is -2.32. The molecule has 1 aromatic heterocycles. The van der Waals surface area contributed by atoms with E-state index in [0.29, 0.717) is 37.9 Å². The number of rotatable bonds is 6. The van der Waals surface area contributed by atoms with Gasteiger partial charge < -0.3 is 15.0 Å². The normalized spacial score (nSPS) is 16.0. The zero-order valence-corrected chi connectivity index (χ0v) is 15.6. The summed E-state index contributed by atoms with van der Waals surface area (Å²) >= 11 is 0. The predicted molar refractivity (Wildman–Crippen MR) is 97.3 cm³/mol. The number of esters is 1. The SMILES string of the molecule is COC(=O)[C@@H](CC(C)C)NC(=O)C1CCN(c2ccc(C#N)cn2)CC1. The molecule has 0 saturated carbocycles. The smallest absolute Gasteiger partial charge is 0.328 e. The molecule has 1 aliphatic heterocycles. The Morgan fingerprint density at radius 2 is 2.08 bits per heavy atom. The summed E-state index contributed by atoms with van der Waals surface area (Å²) in [5, 5.41) is 11.7. The van der Waals surface area contributed by atoms with Crippen molar-refractivity contribution in [3.05, 3.63) is 23.9 Å². The van der Waals surface area contributed by atoms with E-state index >= 15 is 0 Å². The zero-order chi connectivity index (χ0) is 19.1. The van der Waals surface area contributed by atoms with Gasteiger partial charge in [0, 0.05) is 25.2 Å². The third kappa shape index (κ3) is 5.19. The molecule has 2 rings (SSSR count). The molecule has 0 aromatic carbocycles. The van der Waals surface area contributed by atoms with Crippen LogP contribution in [0.5, 0.6) is 0 Å². The van der Waals surface area contributed by atoms with E-state index in [1.807, 2.05) is 19.9 Å². The molecule has 1 N–H and O–H groups in total. The monoisotopic (exact) mass is 358 g/mol. The van der Waals surface area contributed by atoms with Gasteiger partial charge >= 0.3 is 5.97 Å². The van der Waals surface area contributed by atoms with E-state index in [1.54, 1.807) is 12.3 Å². The predicted octanol–water partition coefficient (Wildman–Crippen LogP) is 1.87. The summed E-state index contributed by atoms with van der Waals surface area (Å²) in [5.41, 5.74) is 0.530. The fraction of sp³-hybridized carbons (Fsp3) is 0.579. The molecule has 0 aliphatic carbocycles. The number of piperidine rings is 1. The Morgan fingerprint density at radius 3 is 2.58 bits per heavy atom. The van der Waals surface area contributed by atoms with Gasteiger partial charge in [-0.25, -0.2) is 9.78 Å². The molecule has 0 radical (unpaired) electrons. The molecule has 1 aliphatic rings. The summed E-state index contributed by atoms with van der Waals surface area (Å²) in [5.74, 6) is 0.488. The van der Waals surface area contributed by atoms with Crippen molar-refractivity contribution in [3.63, 3.8) is 0 Å². The van der Waals surface area contributed by atoms with E-state index in [-0.39, 0.29) is 17.7 Å². The molecule has 1 atom stereocenters. The second-order valence-electron chi connectivity index (χ2n) is 6.99. The fourth-order valence-electron chi connectivity index (χ4n) is 3.13. The van der Waals surface area contributed by atoms with Crippen LogP contribution in [0.3, 0.4) is 0 Å². The van der Waals surface area contributed by atoms with Gasteiger partial charge in [0.2, 0.25) is 5.91 Å². The Kier molecular flexibility index (Phi) is 6.96. The maximum atomic E-state index is 12.5. The number of hydrogen-bond donors (Lipinski definition) is 1. The molecule has 1 fully saturated rings. The van der Waals surface area contributed by atoms with E-state index < -0.39 is 12.0 Å². The van der Waals surface area contributed by atoms with Crippen LogP contribution in [-0.4, -0.2) is 43.1 Å². The molecule has 26 heavy (non-hydrogen) atoms. The second kappa shape index (κ2) is 9.18. The van der Waals surface area contributed by atoms with Gasteiger partial charge in [0.15, 0.2) is 0 Å². The van der Waals surface area contributed by atoms with Crippen LogP contribution < -0.4 is 10.2 Å². The number of carbonyl (C=O) groups is 2. The lowest BCUT2D eigenvalue weighted by molar-refractivity contribution is -0.146. The molecule has 140 valence electrons. The number of nitrogens with zero attached hydrogens (tertiary/aromatic N) is 3. The average molecular weight is 358 g/mol. The summed E-state index contributed by atoms with van der Waals surface area (Å²) in [6.45, 7) is 5.43. The van der Waals surface area contributed by atoms with Crippen LogP contribution in [0.25, 0.3) is 0 Å². The number of aromatic nitrogens is 1. The minimum atomic E-state index is -0.592. The molecule has 0 spiro atoms. The first-order valence-electron chi connectivity index (χ1n) is 8.94.